The molecule has 2 nitrogen and oxygen atoms in total. The van der Waals surface area contributed by atoms with Gasteiger partial charge in [-0.2, -0.15) is 0 Å². The van der Waals surface area contributed by atoms with Gasteiger partial charge in [0.05, 0.1) is 0 Å². The minimum Gasteiger partial charge on any atom is -0.340 e. The Kier molecular flexibility index (Phi) is 3.68. The van der Waals surface area contributed by atoms with Crippen LogP contribution in [0.5, 0.6) is 0 Å². The SMILES string of the molecule is Cc1ccc(C(=N)Nc2cc(Cl)ccc2C)cc1. The maximum Gasteiger partial charge on any atom is 0.129 e. The second kappa shape index (κ2) is 5.23. The summed E-state index contributed by atoms with van der Waals surface area (Å²) < 4.78 is 0. The lowest BCUT2D eigenvalue weighted by Gasteiger charge is -2.11. The van der Waals surface area contributed by atoms with Crippen LogP contribution in [0.25, 0.3) is 0 Å². The van der Waals surface area contributed by atoms with E-state index in [0.717, 1.165) is 16.8 Å². The van der Waals surface area contributed by atoms with Crippen LogP contribution in [-0.2, 0) is 0 Å². The summed E-state index contributed by atoms with van der Waals surface area (Å²) in [6.45, 7) is 4.02. The van der Waals surface area contributed by atoms with E-state index in [0.29, 0.717) is 10.9 Å². The molecule has 0 heterocycles. The number of nitrogens with one attached hydrogen (secondary N) is 2. The van der Waals surface area contributed by atoms with Gasteiger partial charge >= 0.3 is 0 Å². The molecule has 18 heavy (non-hydrogen) atoms. The van der Waals surface area contributed by atoms with Crippen LogP contribution in [0.1, 0.15) is 16.7 Å². The van der Waals surface area contributed by atoms with Crippen molar-refractivity contribution in [2.45, 2.75) is 13.8 Å². The van der Waals surface area contributed by atoms with E-state index in [4.69, 9.17) is 17.0 Å². The quantitative estimate of drug-likeness (QED) is 0.608. The maximum absolute atomic E-state index is 8.05. The number of hydrogen-bond acceptors (Lipinski definition) is 1. The fourth-order valence-corrected chi connectivity index (χ4v) is 1.83. The van der Waals surface area contributed by atoms with Crippen LogP contribution in [0.2, 0.25) is 5.02 Å². The average Bonchev–Trinajstić information content (AvgIpc) is 2.34. The van der Waals surface area contributed by atoms with Gasteiger partial charge in [-0.1, -0.05) is 47.5 Å². The molecule has 0 amide bonds. The summed E-state index contributed by atoms with van der Waals surface area (Å²) in [6.07, 6.45) is 0. The third kappa shape index (κ3) is 2.90. The smallest absolute Gasteiger partial charge is 0.129 e. The largest absolute Gasteiger partial charge is 0.340 e. The van der Waals surface area contributed by atoms with Crippen LogP contribution in [0.4, 0.5) is 5.69 Å². The minimum atomic E-state index is 0.375. The van der Waals surface area contributed by atoms with Crippen LogP contribution in [0.15, 0.2) is 42.5 Å². The molecule has 0 aliphatic rings. The van der Waals surface area contributed by atoms with E-state index in [1.54, 1.807) is 0 Å². The van der Waals surface area contributed by atoms with Gasteiger partial charge in [-0.25, -0.2) is 0 Å². The van der Waals surface area contributed by atoms with Crippen molar-refractivity contribution in [1.29, 1.82) is 5.41 Å². The molecular formula is C15H15ClN2. The third-order valence-corrected chi connectivity index (χ3v) is 3.03. The molecule has 2 aromatic carbocycles. The first kappa shape index (κ1) is 12.7. The zero-order chi connectivity index (χ0) is 13.1. The molecule has 2 N–H and O–H groups in total. The normalized spacial score (nSPS) is 10.2. The molecule has 2 aromatic rings. The van der Waals surface area contributed by atoms with Crippen LogP contribution < -0.4 is 5.32 Å². The molecule has 3 heteroatoms. The fraction of sp³-hybridized carbons (Fsp3) is 0.133. The van der Waals surface area contributed by atoms with Crippen LogP contribution in [-0.4, -0.2) is 5.84 Å². The standard InChI is InChI=1S/C15H15ClN2/c1-10-3-6-12(7-4-10)15(17)18-14-9-13(16)8-5-11(14)2/h3-9H,1-2H3,(H2,17,18). The first-order chi connectivity index (χ1) is 8.56. The number of hydrogen-bond donors (Lipinski definition) is 2. The first-order valence-corrected chi connectivity index (χ1v) is 6.13. The van der Waals surface area contributed by atoms with E-state index in [2.05, 4.69) is 5.32 Å². The van der Waals surface area contributed by atoms with E-state index in [9.17, 15) is 0 Å². The second-order valence-corrected chi connectivity index (χ2v) is 4.76. The van der Waals surface area contributed by atoms with Gasteiger partial charge < -0.3 is 5.32 Å². The predicted molar refractivity (Wildman–Crippen MR) is 77.8 cm³/mol. The maximum atomic E-state index is 8.05. The van der Waals surface area contributed by atoms with Crippen molar-refractivity contribution in [3.63, 3.8) is 0 Å². The molecule has 0 aliphatic heterocycles. The molecule has 0 saturated heterocycles. The Morgan fingerprint density at radius 1 is 1.06 bits per heavy atom. The van der Waals surface area contributed by atoms with Crippen molar-refractivity contribution in [1.82, 2.24) is 0 Å². The Hall–Kier alpha value is -1.80. The highest BCUT2D eigenvalue weighted by Crippen LogP contribution is 2.20. The van der Waals surface area contributed by atoms with E-state index in [-0.39, 0.29) is 0 Å². The van der Waals surface area contributed by atoms with Crippen molar-refractivity contribution < 1.29 is 0 Å². The van der Waals surface area contributed by atoms with Crippen LogP contribution in [0.3, 0.4) is 0 Å². The molecule has 92 valence electrons. The van der Waals surface area contributed by atoms with Crippen molar-refractivity contribution >= 4 is 23.1 Å². The molecule has 0 radical (unpaired) electrons. The molecule has 0 fully saturated rings. The van der Waals surface area contributed by atoms with E-state index < -0.39 is 0 Å². The summed E-state index contributed by atoms with van der Waals surface area (Å²) in [5, 5.41) is 11.8. The lowest BCUT2D eigenvalue weighted by atomic mass is 10.1. The van der Waals surface area contributed by atoms with Crippen molar-refractivity contribution in [3.8, 4) is 0 Å². The molecule has 2 rings (SSSR count). The number of amidine groups is 1. The Morgan fingerprint density at radius 2 is 1.72 bits per heavy atom. The van der Waals surface area contributed by atoms with Gasteiger partial charge in [-0.05, 0) is 31.5 Å². The fourth-order valence-electron chi connectivity index (χ4n) is 1.66. The topological polar surface area (TPSA) is 35.9 Å². The highest BCUT2D eigenvalue weighted by atomic mass is 35.5. The van der Waals surface area contributed by atoms with E-state index in [1.807, 2.05) is 56.3 Å². The molecular weight excluding hydrogens is 244 g/mol. The highest BCUT2D eigenvalue weighted by Gasteiger charge is 2.04. The molecule has 0 unspecified atom stereocenters. The lowest BCUT2D eigenvalue weighted by molar-refractivity contribution is 1.39. The number of anilines is 1. The average molecular weight is 259 g/mol. The number of rotatable bonds is 2. The molecule has 0 bridgehead atoms. The summed E-state index contributed by atoms with van der Waals surface area (Å²) in [6, 6.07) is 13.5. The Morgan fingerprint density at radius 3 is 2.39 bits per heavy atom. The van der Waals surface area contributed by atoms with Crippen molar-refractivity contribution in [2.75, 3.05) is 5.32 Å². The zero-order valence-electron chi connectivity index (χ0n) is 10.4. The van der Waals surface area contributed by atoms with Crippen molar-refractivity contribution in [3.05, 3.63) is 64.2 Å². The van der Waals surface area contributed by atoms with Gasteiger partial charge in [-0.15, -0.1) is 0 Å². The molecule has 0 atom stereocenters. The van der Waals surface area contributed by atoms with E-state index in [1.165, 1.54) is 5.56 Å². The van der Waals surface area contributed by atoms with E-state index >= 15 is 0 Å². The molecule has 0 spiro atoms. The Labute approximate surface area is 112 Å². The number of benzene rings is 2. The summed E-state index contributed by atoms with van der Waals surface area (Å²) in [5.41, 5.74) is 3.98. The third-order valence-electron chi connectivity index (χ3n) is 2.80. The monoisotopic (exact) mass is 258 g/mol. The summed E-state index contributed by atoms with van der Waals surface area (Å²) in [4.78, 5) is 0. The Bertz CT molecular complexity index is 574. The van der Waals surface area contributed by atoms with Gasteiger partial charge in [0.25, 0.3) is 0 Å². The van der Waals surface area contributed by atoms with Crippen molar-refractivity contribution in [2.24, 2.45) is 0 Å². The highest BCUT2D eigenvalue weighted by molar-refractivity contribution is 6.31. The molecule has 0 aliphatic carbocycles. The molecule has 0 saturated carbocycles. The van der Waals surface area contributed by atoms with Gasteiger partial charge in [-0.3, -0.25) is 5.41 Å². The number of halogens is 1. The van der Waals surface area contributed by atoms with Gasteiger partial charge in [0.1, 0.15) is 5.84 Å². The summed E-state index contributed by atoms with van der Waals surface area (Å²) in [7, 11) is 0. The molecule has 0 aromatic heterocycles. The summed E-state index contributed by atoms with van der Waals surface area (Å²) in [5.74, 6) is 0.375. The second-order valence-electron chi connectivity index (χ2n) is 4.33. The van der Waals surface area contributed by atoms with Gasteiger partial charge in [0.2, 0.25) is 0 Å². The number of aryl methyl sites for hydroxylation is 2. The predicted octanol–water partition coefficient (Wildman–Crippen LogP) is 4.39. The Balaban J connectivity index is 2.21. The van der Waals surface area contributed by atoms with Gasteiger partial charge in [0.15, 0.2) is 0 Å². The van der Waals surface area contributed by atoms with Crippen LogP contribution in [0, 0.1) is 19.3 Å². The van der Waals surface area contributed by atoms with Gasteiger partial charge in [0, 0.05) is 16.3 Å². The zero-order valence-corrected chi connectivity index (χ0v) is 11.2. The van der Waals surface area contributed by atoms with Crippen LogP contribution >= 0.6 is 11.6 Å². The summed E-state index contributed by atoms with van der Waals surface area (Å²) >= 11 is 5.96. The minimum absolute atomic E-state index is 0.375. The lowest BCUT2D eigenvalue weighted by Crippen LogP contribution is -2.12. The first-order valence-electron chi connectivity index (χ1n) is 5.75.